The quantitative estimate of drug-likeness (QED) is 0.567. The summed E-state index contributed by atoms with van der Waals surface area (Å²) in [7, 11) is 1.58. The van der Waals surface area contributed by atoms with Crippen molar-refractivity contribution in [3.8, 4) is 11.8 Å². The molecule has 0 fully saturated rings. The summed E-state index contributed by atoms with van der Waals surface area (Å²) in [5.74, 6) is 0.240. The Hall–Kier alpha value is -2.78. The van der Waals surface area contributed by atoms with E-state index in [1.165, 1.54) is 0 Å². The summed E-state index contributed by atoms with van der Waals surface area (Å²) in [4.78, 5) is 15.5. The van der Waals surface area contributed by atoms with E-state index in [4.69, 9.17) is 4.74 Å². The number of hydrogen-bond acceptors (Lipinski definition) is 5. The monoisotopic (exact) mass is 369 g/mol. The number of thiophene rings is 1. The van der Waals surface area contributed by atoms with Gasteiger partial charge >= 0.3 is 0 Å². The van der Waals surface area contributed by atoms with Crippen molar-refractivity contribution in [1.82, 2.24) is 5.32 Å². The fraction of sp³-hybridized carbons (Fsp3) is 0.300. The topological polar surface area (TPSA) is 65.4 Å². The summed E-state index contributed by atoms with van der Waals surface area (Å²) < 4.78 is 5.46. The van der Waals surface area contributed by atoms with Crippen LogP contribution >= 0.6 is 11.3 Å². The minimum atomic E-state index is -0.393. The molecule has 0 atom stereocenters. The second-order valence-electron chi connectivity index (χ2n) is 5.53. The molecule has 0 saturated heterocycles. The van der Waals surface area contributed by atoms with Gasteiger partial charge < -0.3 is 15.0 Å². The van der Waals surface area contributed by atoms with Crippen molar-refractivity contribution >= 4 is 29.0 Å². The first-order valence-corrected chi connectivity index (χ1v) is 9.36. The smallest absolute Gasteiger partial charge is 0.262 e. The van der Waals surface area contributed by atoms with Crippen LogP contribution in [0.1, 0.15) is 24.3 Å². The molecule has 1 heterocycles. The van der Waals surface area contributed by atoms with Gasteiger partial charge in [0, 0.05) is 35.3 Å². The molecule has 0 aliphatic carbocycles. The molecule has 0 saturated carbocycles. The molecular weight excluding hydrogens is 346 g/mol. The summed E-state index contributed by atoms with van der Waals surface area (Å²) in [6.07, 6.45) is 1.56. The SMILES string of the molecule is CCN(CC)c1ccc(C=C(C#N)C(=O)NCc2cccs2)c(OC)c1. The maximum atomic E-state index is 12.3. The lowest BCUT2D eigenvalue weighted by Gasteiger charge is -2.22. The lowest BCUT2D eigenvalue weighted by Crippen LogP contribution is -2.23. The number of carbonyl (C=O) groups is 1. The molecule has 5 nitrogen and oxygen atoms in total. The van der Waals surface area contributed by atoms with Gasteiger partial charge in [0.2, 0.25) is 0 Å². The lowest BCUT2D eigenvalue weighted by molar-refractivity contribution is -0.117. The zero-order chi connectivity index (χ0) is 18.9. The van der Waals surface area contributed by atoms with Crippen LogP contribution in [0.25, 0.3) is 6.08 Å². The Bertz CT molecular complexity index is 803. The van der Waals surface area contributed by atoms with E-state index in [9.17, 15) is 10.1 Å². The van der Waals surface area contributed by atoms with E-state index in [0.717, 1.165) is 23.7 Å². The van der Waals surface area contributed by atoms with E-state index >= 15 is 0 Å². The molecule has 1 aromatic heterocycles. The van der Waals surface area contributed by atoms with Crippen LogP contribution < -0.4 is 15.0 Å². The number of amides is 1. The number of methoxy groups -OCH3 is 1. The molecule has 1 amide bonds. The highest BCUT2D eigenvalue weighted by Gasteiger charge is 2.12. The molecule has 0 bridgehead atoms. The van der Waals surface area contributed by atoms with E-state index in [-0.39, 0.29) is 5.57 Å². The summed E-state index contributed by atoms with van der Waals surface area (Å²) in [6.45, 7) is 6.38. The number of rotatable bonds is 8. The molecular formula is C20H23N3O2S. The molecule has 2 rings (SSSR count). The Morgan fingerprint density at radius 2 is 2.12 bits per heavy atom. The van der Waals surface area contributed by atoms with E-state index in [2.05, 4.69) is 24.1 Å². The fourth-order valence-electron chi connectivity index (χ4n) is 2.58. The van der Waals surface area contributed by atoms with Crippen molar-refractivity contribution in [2.24, 2.45) is 0 Å². The van der Waals surface area contributed by atoms with E-state index in [1.807, 2.05) is 41.8 Å². The number of nitrogens with zero attached hydrogens (tertiary/aromatic N) is 2. The standard InChI is InChI=1S/C20H23N3O2S/c1-4-23(5-2)17-9-8-15(19(12-17)25-3)11-16(13-21)20(24)22-14-18-7-6-10-26-18/h6-12H,4-5,14H2,1-3H3,(H,22,24). The number of anilines is 1. The van der Waals surface area contributed by atoms with Crippen molar-refractivity contribution in [1.29, 1.82) is 5.26 Å². The number of hydrogen-bond donors (Lipinski definition) is 1. The second kappa shape index (κ2) is 9.64. The van der Waals surface area contributed by atoms with Crippen molar-refractivity contribution in [3.63, 3.8) is 0 Å². The average molecular weight is 369 g/mol. The molecule has 0 spiro atoms. The van der Waals surface area contributed by atoms with Gasteiger partial charge in [0.1, 0.15) is 17.4 Å². The first-order valence-electron chi connectivity index (χ1n) is 8.48. The van der Waals surface area contributed by atoms with E-state index in [0.29, 0.717) is 17.9 Å². The van der Waals surface area contributed by atoms with Gasteiger partial charge in [-0.25, -0.2) is 0 Å². The summed E-state index contributed by atoms with van der Waals surface area (Å²) >= 11 is 1.56. The molecule has 2 aromatic rings. The Balaban J connectivity index is 2.21. The lowest BCUT2D eigenvalue weighted by atomic mass is 10.1. The zero-order valence-electron chi connectivity index (χ0n) is 15.3. The third-order valence-electron chi connectivity index (χ3n) is 4.01. The molecule has 136 valence electrons. The van der Waals surface area contributed by atoms with Gasteiger partial charge in [0.15, 0.2) is 0 Å². The van der Waals surface area contributed by atoms with Gasteiger partial charge in [0.05, 0.1) is 13.7 Å². The van der Waals surface area contributed by atoms with Crippen molar-refractivity contribution in [2.45, 2.75) is 20.4 Å². The van der Waals surface area contributed by atoms with Gasteiger partial charge in [-0.05, 0) is 43.5 Å². The first-order chi connectivity index (χ1) is 12.6. The highest BCUT2D eigenvalue weighted by Crippen LogP contribution is 2.27. The van der Waals surface area contributed by atoms with Gasteiger partial charge in [0.25, 0.3) is 5.91 Å². The predicted octanol–water partition coefficient (Wildman–Crippen LogP) is 3.83. The summed E-state index contributed by atoms with van der Waals surface area (Å²) in [6, 6.07) is 11.6. The van der Waals surface area contributed by atoms with Crippen molar-refractivity contribution in [2.75, 3.05) is 25.1 Å². The van der Waals surface area contributed by atoms with Crippen LogP contribution in [0, 0.1) is 11.3 Å². The normalized spacial score (nSPS) is 10.9. The predicted molar refractivity (Wildman–Crippen MR) is 106 cm³/mol. The summed E-state index contributed by atoms with van der Waals surface area (Å²) in [5, 5.41) is 14.1. The molecule has 6 heteroatoms. The number of carbonyl (C=O) groups excluding carboxylic acids is 1. The van der Waals surface area contributed by atoms with Gasteiger partial charge in [-0.1, -0.05) is 6.07 Å². The van der Waals surface area contributed by atoms with Gasteiger partial charge in [-0.3, -0.25) is 4.79 Å². The number of nitrogens with one attached hydrogen (secondary N) is 1. The van der Waals surface area contributed by atoms with Crippen LogP contribution in [0.3, 0.4) is 0 Å². The Morgan fingerprint density at radius 1 is 1.35 bits per heavy atom. The molecule has 26 heavy (non-hydrogen) atoms. The van der Waals surface area contributed by atoms with Crippen molar-refractivity contribution < 1.29 is 9.53 Å². The second-order valence-corrected chi connectivity index (χ2v) is 6.56. The fourth-order valence-corrected chi connectivity index (χ4v) is 3.23. The van der Waals surface area contributed by atoms with Crippen LogP contribution in [0.15, 0.2) is 41.3 Å². The van der Waals surface area contributed by atoms with Crippen molar-refractivity contribution in [3.05, 3.63) is 51.7 Å². The van der Waals surface area contributed by atoms with Crippen LogP contribution in [0.2, 0.25) is 0 Å². The highest BCUT2D eigenvalue weighted by molar-refractivity contribution is 7.09. The van der Waals surface area contributed by atoms with Crippen LogP contribution in [-0.4, -0.2) is 26.1 Å². The molecule has 0 aliphatic rings. The minimum absolute atomic E-state index is 0.0513. The van der Waals surface area contributed by atoms with Gasteiger partial charge in [-0.2, -0.15) is 5.26 Å². The van der Waals surface area contributed by atoms with Crippen LogP contribution in [0.4, 0.5) is 5.69 Å². The molecule has 0 aliphatic heterocycles. The van der Waals surface area contributed by atoms with Gasteiger partial charge in [-0.15, -0.1) is 11.3 Å². The molecule has 0 unspecified atom stereocenters. The third kappa shape index (κ3) is 4.87. The Morgan fingerprint density at radius 3 is 2.69 bits per heavy atom. The molecule has 0 radical (unpaired) electrons. The number of nitriles is 1. The molecule has 1 aromatic carbocycles. The number of benzene rings is 1. The highest BCUT2D eigenvalue weighted by atomic mass is 32.1. The maximum Gasteiger partial charge on any atom is 0.262 e. The Labute approximate surface area is 158 Å². The first kappa shape index (κ1) is 19.5. The third-order valence-corrected chi connectivity index (χ3v) is 4.89. The van der Waals surface area contributed by atoms with Crippen LogP contribution in [-0.2, 0) is 11.3 Å². The Kier molecular flexibility index (Phi) is 7.24. The molecule has 1 N–H and O–H groups in total. The van der Waals surface area contributed by atoms with E-state index < -0.39 is 5.91 Å². The van der Waals surface area contributed by atoms with Crippen LogP contribution in [0.5, 0.6) is 5.75 Å². The average Bonchev–Trinajstić information content (AvgIpc) is 3.19. The maximum absolute atomic E-state index is 12.3. The summed E-state index contributed by atoms with van der Waals surface area (Å²) in [5.41, 5.74) is 1.80. The zero-order valence-corrected chi connectivity index (χ0v) is 16.1. The number of ether oxygens (including phenoxy) is 1. The largest absolute Gasteiger partial charge is 0.496 e. The van der Waals surface area contributed by atoms with E-state index in [1.54, 1.807) is 24.5 Å². The minimum Gasteiger partial charge on any atom is -0.496 e.